The third-order valence-electron chi connectivity index (χ3n) is 3.55. The molecule has 0 aliphatic carbocycles. The molecule has 0 aliphatic rings. The van der Waals surface area contributed by atoms with Crippen molar-refractivity contribution in [3.05, 3.63) is 34.9 Å². The Morgan fingerprint density at radius 2 is 1.87 bits per heavy atom. The Balaban J connectivity index is 2.36. The van der Waals surface area contributed by atoms with Crippen molar-refractivity contribution >= 4 is 17.8 Å². The van der Waals surface area contributed by atoms with Crippen molar-refractivity contribution in [3.63, 3.8) is 0 Å². The quantitative estimate of drug-likeness (QED) is 0.746. The van der Waals surface area contributed by atoms with Crippen molar-refractivity contribution in [2.45, 2.75) is 40.2 Å². The van der Waals surface area contributed by atoms with E-state index < -0.39 is 5.97 Å². The van der Waals surface area contributed by atoms with E-state index in [-0.39, 0.29) is 31.0 Å². The molecule has 0 aliphatic heterocycles. The fourth-order valence-electron chi connectivity index (χ4n) is 1.75. The smallest absolute Gasteiger partial charge is 0.325 e. The summed E-state index contributed by atoms with van der Waals surface area (Å²) in [7, 11) is 0. The number of aryl methyl sites for hydroxylation is 2. The van der Waals surface area contributed by atoms with Crippen LogP contribution < -0.4 is 10.6 Å². The largest absolute Gasteiger partial charge is 0.454 e. The summed E-state index contributed by atoms with van der Waals surface area (Å²) in [5.41, 5.74) is 2.57. The van der Waals surface area contributed by atoms with Crippen LogP contribution in [0.3, 0.4) is 0 Å². The molecule has 6 heteroatoms. The maximum atomic E-state index is 11.9. The van der Waals surface area contributed by atoms with Crippen LogP contribution in [0.25, 0.3) is 0 Å². The molecule has 6 nitrogen and oxygen atoms in total. The number of hydrogen-bond acceptors (Lipinski definition) is 4. The molecule has 23 heavy (non-hydrogen) atoms. The van der Waals surface area contributed by atoms with Gasteiger partial charge in [0.05, 0.1) is 0 Å². The normalized spacial score (nSPS) is 11.5. The lowest BCUT2D eigenvalue weighted by atomic mass is 10.1. The number of rotatable bonds is 7. The minimum atomic E-state index is -0.651. The van der Waals surface area contributed by atoms with E-state index in [0.717, 1.165) is 17.5 Å². The molecular weight excluding hydrogens is 296 g/mol. The highest BCUT2D eigenvalue weighted by Gasteiger charge is 2.12. The lowest BCUT2D eigenvalue weighted by Gasteiger charge is -2.11. The van der Waals surface area contributed by atoms with E-state index in [1.165, 1.54) is 0 Å². The zero-order valence-corrected chi connectivity index (χ0v) is 14.1. The van der Waals surface area contributed by atoms with Crippen molar-refractivity contribution in [2.24, 2.45) is 0 Å². The summed E-state index contributed by atoms with van der Waals surface area (Å²) >= 11 is 0. The number of ether oxygens (including phenoxy) is 1. The summed E-state index contributed by atoms with van der Waals surface area (Å²) in [4.78, 5) is 34.9. The van der Waals surface area contributed by atoms with Gasteiger partial charge in [-0.25, -0.2) is 0 Å². The first kappa shape index (κ1) is 18.7. The Morgan fingerprint density at radius 3 is 2.48 bits per heavy atom. The number of esters is 1. The standard InChI is InChI=1S/C17H24N2O4/c1-5-13(4)19-15(20)10-23-16(21)9-18-17(22)14-7-6-11(2)12(3)8-14/h6-8,13H,5,9-10H2,1-4H3,(H,18,22)(H,19,20)/t13-/m1/s1. The Kier molecular flexibility index (Phi) is 7.25. The van der Waals surface area contributed by atoms with Gasteiger partial charge in [0.2, 0.25) is 0 Å². The molecule has 1 aromatic carbocycles. The highest BCUT2D eigenvalue weighted by atomic mass is 16.5. The van der Waals surface area contributed by atoms with Crippen LogP contribution in [0.15, 0.2) is 18.2 Å². The van der Waals surface area contributed by atoms with Gasteiger partial charge in [-0.3, -0.25) is 14.4 Å². The molecule has 1 atom stereocenters. The van der Waals surface area contributed by atoms with E-state index in [1.807, 2.05) is 33.8 Å². The van der Waals surface area contributed by atoms with Crippen LogP contribution in [-0.2, 0) is 14.3 Å². The second-order valence-corrected chi connectivity index (χ2v) is 5.52. The van der Waals surface area contributed by atoms with Gasteiger partial charge in [-0.1, -0.05) is 13.0 Å². The maximum Gasteiger partial charge on any atom is 0.325 e. The zero-order chi connectivity index (χ0) is 17.4. The molecule has 0 radical (unpaired) electrons. The molecular formula is C17H24N2O4. The lowest BCUT2D eigenvalue weighted by molar-refractivity contribution is -0.147. The van der Waals surface area contributed by atoms with Crippen LogP contribution in [0, 0.1) is 13.8 Å². The number of hydrogen-bond donors (Lipinski definition) is 2. The Hall–Kier alpha value is -2.37. The number of carbonyl (C=O) groups is 3. The SMILES string of the molecule is CC[C@@H](C)NC(=O)COC(=O)CNC(=O)c1ccc(C)c(C)c1. The van der Waals surface area contributed by atoms with Gasteiger partial charge in [0.15, 0.2) is 6.61 Å². The molecule has 1 aromatic rings. The van der Waals surface area contributed by atoms with Crippen molar-refractivity contribution in [3.8, 4) is 0 Å². The number of nitrogens with one attached hydrogen (secondary N) is 2. The van der Waals surface area contributed by atoms with Gasteiger partial charge >= 0.3 is 5.97 Å². The second kappa shape index (κ2) is 8.92. The summed E-state index contributed by atoms with van der Waals surface area (Å²) in [6.07, 6.45) is 0.797. The van der Waals surface area contributed by atoms with Crippen LogP contribution in [-0.4, -0.2) is 37.0 Å². The van der Waals surface area contributed by atoms with Gasteiger partial charge in [-0.2, -0.15) is 0 Å². The maximum absolute atomic E-state index is 11.9. The first-order chi connectivity index (χ1) is 10.8. The first-order valence-corrected chi connectivity index (χ1v) is 7.64. The molecule has 0 heterocycles. The predicted octanol–water partition coefficient (Wildman–Crippen LogP) is 1.49. The molecule has 0 spiro atoms. The topological polar surface area (TPSA) is 84.5 Å². The molecule has 0 aromatic heterocycles. The van der Waals surface area contributed by atoms with Gasteiger partial charge in [0, 0.05) is 11.6 Å². The van der Waals surface area contributed by atoms with Crippen LogP contribution in [0.2, 0.25) is 0 Å². The average molecular weight is 320 g/mol. The molecule has 2 amide bonds. The Bertz CT molecular complexity index is 584. The fourth-order valence-corrected chi connectivity index (χ4v) is 1.75. The summed E-state index contributed by atoms with van der Waals surface area (Å²) in [6.45, 7) is 7.06. The van der Waals surface area contributed by atoms with Gasteiger partial charge < -0.3 is 15.4 Å². The van der Waals surface area contributed by atoms with E-state index in [0.29, 0.717) is 5.56 Å². The van der Waals surface area contributed by atoms with Gasteiger partial charge in [-0.05, 0) is 50.5 Å². The third-order valence-corrected chi connectivity index (χ3v) is 3.55. The van der Waals surface area contributed by atoms with Gasteiger partial charge in [0.1, 0.15) is 6.54 Å². The molecule has 0 unspecified atom stereocenters. The molecule has 2 N–H and O–H groups in total. The number of carbonyl (C=O) groups excluding carboxylic acids is 3. The Morgan fingerprint density at radius 1 is 1.17 bits per heavy atom. The number of amides is 2. The fraction of sp³-hybridized carbons (Fsp3) is 0.471. The van der Waals surface area contributed by atoms with E-state index in [9.17, 15) is 14.4 Å². The zero-order valence-electron chi connectivity index (χ0n) is 14.1. The summed E-state index contributed by atoms with van der Waals surface area (Å²) in [5, 5.41) is 5.16. The van der Waals surface area contributed by atoms with Gasteiger partial charge in [0.25, 0.3) is 11.8 Å². The van der Waals surface area contributed by atoms with E-state index in [1.54, 1.807) is 12.1 Å². The second-order valence-electron chi connectivity index (χ2n) is 5.52. The molecule has 0 saturated carbocycles. The van der Waals surface area contributed by atoms with E-state index >= 15 is 0 Å². The molecule has 0 fully saturated rings. The molecule has 0 bridgehead atoms. The minimum absolute atomic E-state index is 0.0330. The van der Waals surface area contributed by atoms with Crippen molar-refractivity contribution < 1.29 is 19.1 Å². The summed E-state index contributed by atoms with van der Waals surface area (Å²) < 4.78 is 4.81. The molecule has 126 valence electrons. The lowest BCUT2D eigenvalue weighted by Crippen LogP contribution is -2.37. The molecule has 1 rings (SSSR count). The highest BCUT2D eigenvalue weighted by Crippen LogP contribution is 2.09. The monoisotopic (exact) mass is 320 g/mol. The first-order valence-electron chi connectivity index (χ1n) is 7.64. The predicted molar refractivity (Wildman–Crippen MR) is 87.1 cm³/mol. The summed E-state index contributed by atoms with van der Waals surface area (Å²) in [5.74, 6) is -1.36. The summed E-state index contributed by atoms with van der Waals surface area (Å²) in [6, 6.07) is 5.34. The van der Waals surface area contributed by atoms with Crippen molar-refractivity contribution in [2.75, 3.05) is 13.2 Å². The third kappa shape index (κ3) is 6.50. The average Bonchev–Trinajstić information content (AvgIpc) is 2.52. The minimum Gasteiger partial charge on any atom is -0.454 e. The Labute approximate surface area is 136 Å². The van der Waals surface area contributed by atoms with E-state index in [2.05, 4.69) is 10.6 Å². The van der Waals surface area contributed by atoms with Crippen LogP contribution in [0.5, 0.6) is 0 Å². The van der Waals surface area contributed by atoms with Crippen molar-refractivity contribution in [1.29, 1.82) is 0 Å². The highest BCUT2D eigenvalue weighted by molar-refractivity contribution is 5.96. The molecule has 0 saturated heterocycles. The van der Waals surface area contributed by atoms with Crippen LogP contribution >= 0.6 is 0 Å². The number of benzene rings is 1. The van der Waals surface area contributed by atoms with Gasteiger partial charge in [-0.15, -0.1) is 0 Å². The van der Waals surface area contributed by atoms with Crippen LogP contribution in [0.4, 0.5) is 0 Å². The van der Waals surface area contributed by atoms with E-state index in [4.69, 9.17) is 4.74 Å². The van der Waals surface area contributed by atoms with Crippen molar-refractivity contribution in [1.82, 2.24) is 10.6 Å². The van der Waals surface area contributed by atoms with Crippen LogP contribution in [0.1, 0.15) is 41.8 Å².